The summed E-state index contributed by atoms with van der Waals surface area (Å²) >= 11 is 1.67. The highest BCUT2D eigenvalue weighted by atomic mass is 32.2. The molecule has 0 spiro atoms. The Labute approximate surface area is 134 Å². The van der Waals surface area contributed by atoms with Gasteiger partial charge >= 0.3 is 5.97 Å². The van der Waals surface area contributed by atoms with Crippen LogP contribution in [0.4, 0.5) is 0 Å². The smallest absolute Gasteiger partial charge is 0.329 e. The van der Waals surface area contributed by atoms with E-state index in [-0.39, 0.29) is 11.8 Å². The summed E-state index contributed by atoms with van der Waals surface area (Å²) in [7, 11) is 0. The van der Waals surface area contributed by atoms with Crippen LogP contribution in [0.3, 0.4) is 0 Å². The van der Waals surface area contributed by atoms with Crippen LogP contribution in [0.15, 0.2) is 29.2 Å². The Kier molecular flexibility index (Phi) is 4.17. The molecule has 1 aliphatic carbocycles. The van der Waals surface area contributed by atoms with E-state index in [9.17, 15) is 14.7 Å². The molecule has 1 aromatic rings. The van der Waals surface area contributed by atoms with Crippen LogP contribution in [0, 0.1) is 5.92 Å². The molecule has 0 saturated heterocycles. The molecule has 2 N–H and O–H groups in total. The minimum Gasteiger partial charge on any atom is -0.480 e. The van der Waals surface area contributed by atoms with E-state index < -0.39 is 11.5 Å². The normalized spacial score (nSPS) is 30.6. The zero-order valence-corrected chi connectivity index (χ0v) is 13.5. The van der Waals surface area contributed by atoms with Gasteiger partial charge in [-0.25, -0.2) is 4.79 Å². The second kappa shape index (κ2) is 5.95. The summed E-state index contributed by atoms with van der Waals surface area (Å²) in [5.41, 5.74) is -0.0547. The first kappa shape index (κ1) is 15.4. The predicted octanol–water partition coefficient (Wildman–Crippen LogP) is 3.03. The third kappa shape index (κ3) is 2.74. The maximum atomic E-state index is 12.7. The summed E-state index contributed by atoms with van der Waals surface area (Å²) in [5, 5.41) is 12.5. The average molecular weight is 319 g/mol. The van der Waals surface area contributed by atoms with Crippen molar-refractivity contribution >= 4 is 23.6 Å². The third-order valence-corrected chi connectivity index (χ3v) is 6.10. The van der Waals surface area contributed by atoms with E-state index >= 15 is 0 Å². The average Bonchev–Trinajstić information content (AvgIpc) is 2.93. The van der Waals surface area contributed by atoms with Crippen molar-refractivity contribution in [1.29, 1.82) is 0 Å². The van der Waals surface area contributed by atoms with Crippen molar-refractivity contribution in [3.8, 4) is 0 Å². The van der Waals surface area contributed by atoms with E-state index in [1.54, 1.807) is 11.8 Å². The van der Waals surface area contributed by atoms with Crippen LogP contribution < -0.4 is 5.32 Å². The maximum absolute atomic E-state index is 12.7. The van der Waals surface area contributed by atoms with Crippen LogP contribution in [-0.2, 0) is 9.59 Å². The van der Waals surface area contributed by atoms with Gasteiger partial charge in [0.1, 0.15) is 5.54 Å². The number of carboxylic acids is 1. The minimum absolute atomic E-state index is 0.144. The topological polar surface area (TPSA) is 66.4 Å². The second-order valence-electron chi connectivity index (χ2n) is 6.46. The molecular weight excluding hydrogens is 298 g/mol. The van der Waals surface area contributed by atoms with E-state index in [0.717, 1.165) is 23.3 Å². The number of hydrogen-bond donors (Lipinski definition) is 2. The van der Waals surface area contributed by atoms with Crippen LogP contribution in [0.1, 0.15) is 44.1 Å². The molecular formula is C17H21NO3S. The molecule has 1 unspecified atom stereocenters. The van der Waals surface area contributed by atoms with Gasteiger partial charge in [0.15, 0.2) is 0 Å². The molecule has 1 saturated carbocycles. The summed E-state index contributed by atoms with van der Waals surface area (Å²) in [6, 6.07) is 7.88. The van der Waals surface area contributed by atoms with Gasteiger partial charge in [-0.2, -0.15) is 0 Å². The lowest BCUT2D eigenvalue weighted by molar-refractivity contribution is -0.149. The number of hydrogen-bond acceptors (Lipinski definition) is 3. The number of rotatable bonds is 3. The number of nitrogens with one attached hydrogen (secondary N) is 1. The Morgan fingerprint density at radius 3 is 2.64 bits per heavy atom. The van der Waals surface area contributed by atoms with Gasteiger partial charge in [0, 0.05) is 10.6 Å². The number of benzene rings is 1. The van der Waals surface area contributed by atoms with Crippen molar-refractivity contribution in [2.75, 3.05) is 5.75 Å². The van der Waals surface area contributed by atoms with Gasteiger partial charge in [-0.1, -0.05) is 25.1 Å². The molecule has 4 nitrogen and oxygen atoms in total. The van der Waals surface area contributed by atoms with Crippen LogP contribution in [0.5, 0.6) is 0 Å². The standard InChI is InChI=1S/C17H21NO3S/c1-11-6-8-17(9-7-11,16(20)21)18-15(19)13-10-22-14-5-3-2-4-12(13)14/h2-5,11,13H,6-10H2,1H3,(H,18,19)(H,20,21). The van der Waals surface area contributed by atoms with E-state index in [4.69, 9.17) is 0 Å². The molecule has 1 heterocycles. The Hall–Kier alpha value is -1.49. The summed E-state index contributed by atoms with van der Waals surface area (Å²) in [5.74, 6) is -0.0536. The van der Waals surface area contributed by atoms with Crippen LogP contribution in [0.25, 0.3) is 0 Å². The summed E-state index contributed by atoms with van der Waals surface area (Å²) in [6.45, 7) is 2.14. The van der Waals surface area contributed by atoms with Gasteiger partial charge in [-0.15, -0.1) is 11.8 Å². The summed E-state index contributed by atoms with van der Waals surface area (Å²) in [6.07, 6.45) is 2.75. The van der Waals surface area contributed by atoms with Gasteiger partial charge in [0.25, 0.3) is 0 Å². The monoisotopic (exact) mass is 319 g/mol. The molecule has 1 aromatic carbocycles. The van der Waals surface area contributed by atoms with Crippen LogP contribution >= 0.6 is 11.8 Å². The number of carboxylic acid groups (broad SMARTS) is 1. The molecule has 1 aliphatic heterocycles. The fourth-order valence-electron chi connectivity index (χ4n) is 3.35. The quantitative estimate of drug-likeness (QED) is 0.899. The Morgan fingerprint density at radius 1 is 1.27 bits per heavy atom. The molecule has 1 fully saturated rings. The molecule has 1 amide bonds. The van der Waals surface area contributed by atoms with Crippen molar-refractivity contribution in [2.45, 2.75) is 49.0 Å². The highest BCUT2D eigenvalue weighted by Gasteiger charge is 2.44. The highest BCUT2D eigenvalue weighted by molar-refractivity contribution is 7.99. The van der Waals surface area contributed by atoms with Crippen LogP contribution in [-0.4, -0.2) is 28.3 Å². The number of aliphatic carboxylic acids is 1. The molecule has 5 heteroatoms. The predicted molar refractivity (Wildman–Crippen MR) is 86.0 cm³/mol. The van der Waals surface area contributed by atoms with Crippen molar-refractivity contribution < 1.29 is 14.7 Å². The lowest BCUT2D eigenvalue weighted by Crippen LogP contribution is -2.57. The molecule has 22 heavy (non-hydrogen) atoms. The fraction of sp³-hybridized carbons (Fsp3) is 0.529. The molecule has 1 atom stereocenters. The van der Waals surface area contributed by atoms with Crippen molar-refractivity contribution in [3.63, 3.8) is 0 Å². The number of carbonyl (C=O) groups is 2. The van der Waals surface area contributed by atoms with Crippen LogP contribution in [0.2, 0.25) is 0 Å². The molecule has 0 aromatic heterocycles. The van der Waals surface area contributed by atoms with Gasteiger partial charge < -0.3 is 10.4 Å². The Morgan fingerprint density at radius 2 is 1.95 bits per heavy atom. The van der Waals surface area contributed by atoms with Crippen molar-refractivity contribution in [2.24, 2.45) is 5.92 Å². The molecule has 3 rings (SSSR count). The molecule has 2 aliphatic rings. The van der Waals surface area contributed by atoms with Gasteiger partial charge in [0.2, 0.25) is 5.91 Å². The van der Waals surface area contributed by atoms with E-state index in [0.29, 0.717) is 24.5 Å². The molecule has 0 bridgehead atoms. The number of thioether (sulfide) groups is 1. The number of carbonyl (C=O) groups excluding carboxylic acids is 1. The first-order chi connectivity index (χ1) is 10.5. The molecule has 118 valence electrons. The minimum atomic E-state index is -1.08. The lowest BCUT2D eigenvalue weighted by Gasteiger charge is -2.37. The van der Waals surface area contributed by atoms with Gasteiger partial charge in [-0.05, 0) is 43.2 Å². The largest absolute Gasteiger partial charge is 0.480 e. The second-order valence-corrected chi connectivity index (χ2v) is 7.52. The first-order valence-electron chi connectivity index (χ1n) is 7.79. The van der Waals surface area contributed by atoms with E-state index in [2.05, 4.69) is 12.2 Å². The lowest BCUT2D eigenvalue weighted by atomic mass is 9.76. The van der Waals surface area contributed by atoms with Crippen molar-refractivity contribution in [3.05, 3.63) is 29.8 Å². The van der Waals surface area contributed by atoms with E-state index in [1.807, 2.05) is 24.3 Å². The van der Waals surface area contributed by atoms with Gasteiger partial charge in [-0.3, -0.25) is 4.79 Å². The zero-order valence-electron chi connectivity index (χ0n) is 12.7. The summed E-state index contributed by atoms with van der Waals surface area (Å²) in [4.78, 5) is 25.6. The highest BCUT2D eigenvalue weighted by Crippen LogP contribution is 2.40. The zero-order chi connectivity index (χ0) is 15.7. The molecule has 0 radical (unpaired) electrons. The Bertz CT molecular complexity index is 593. The fourth-order valence-corrected chi connectivity index (χ4v) is 4.58. The first-order valence-corrected chi connectivity index (χ1v) is 8.77. The van der Waals surface area contributed by atoms with E-state index in [1.165, 1.54) is 0 Å². The third-order valence-electron chi connectivity index (χ3n) is 4.92. The Balaban J connectivity index is 1.77. The maximum Gasteiger partial charge on any atom is 0.329 e. The SMILES string of the molecule is CC1CCC(NC(=O)C2CSc3ccccc32)(C(=O)O)CC1. The van der Waals surface area contributed by atoms with Gasteiger partial charge in [0.05, 0.1) is 5.92 Å². The summed E-state index contributed by atoms with van der Waals surface area (Å²) < 4.78 is 0. The number of amides is 1. The number of fused-ring (bicyclic) bond motifs is 1. The van der Waals surface area contributed by atoms with Crippen molar-refractivity contribution in [1.82, 2.24) is 5.32 Å².